The van der Waals surface area contributed by atoms with Crippen LogP contribution in [-0.4, -0.2) is 106 Å². The molecule has 0 radical (unpaired) electrons. The van der Waals surface area contributed by atoms with Gasteiger partial charge in [0.2, 0.25) is 23.6 Å². The quantitative estimate of drug-likeness (QED) is 0.0114. The Morgan fingerprint density at radius 3 is 1.85 bits per heavy atom. The van der Waals surface area contributed by atoms with E-state index in [0.717, 1.165) is 46.4 Å². The lowest BCUT2D eigenvalue weighted by atomic mass is 9.90. The van der Waals surface area contributed by atoms with Gasteiger partial charge in [-0.3, -0.25) is 38.1 Å². The highest BCUT2D eigenvalue weighted by Crippen LogP contribution is 2.45. The first-order chi connectivity index (χ1) is 46.0. The first-order valence-corrected chi connectivity index (χ1v) is 32.2. The molecule has 96 heavy (non-hydrogen) atoms. The van der Waals surface area contributed by atoms with Gasteiger partial charge in [-0.1, -0.05) is 97.9 Å². The number of nitrogens with one attached hydrogen (secondary N) is 6. The maximum absolute atomic E-state index is 14.7. The highest BCUT2D eigenvalue weighted by atomic mass is 31.1. The molecule has 11 N–H and O–H groups in total. The zero-order chi connectivity index (χ0) is 68.8. The molecule has 6 aromatic carbocycles. The third-order valence-electron chi connectivity index (χ3n) is 16.4. The first-order valence-electron chi connectivity index (χ1n) is 30.9. The van der Waals surface area contributed by atoms with E-state index in [0.29, 0.717) is 28.5 Å². The molecule has 23 nitrogen and oxygen atoms in total. The molecule has 5 atom stereocenters. The summed E-state index contributed by atoms with van der Waals surface area (Å²) in [7, 11) is -4.07. The van der Waals surface area contributed by atoms with Crippen molar-refractivity contribution < 1.29 is 80.5 Å². The van der Waals surface area contributed by atoms with Crippen LogP contribution in [0.2, 0.25) is 0 Å². The van der Waals surface area contributed by atoms with E-state index in [1.54, 1.807) is 18.2 Å². The van der Waals surface area contributed by atoms with E-state index in [-0.39, 0.29) is 115 Å². The summed E-state index contributed by atoms with van der Waals surface area (Å²) in [5, 5.41) is 36.9. The summed E-state index contributed by atoms with van der Waals surface area (Å²) >= 11 is 0. The molecule has 6 aromatic rings. The molecule has 500 valence electrons. The standard InChI is InChI=1S/C70H70F2N7O16P/c1-3-40-18-22-42(23-19-40)64(84)74-32-11-9-17-57(78-67(87)58(34-41-20-25-44(26-21-41)70(71,72)95-96(91)92)79-69(90)93-38-55-49-14-6-4-12-47(49)48-13-5-7-15-50(48)55)66(86)76-39(2)63(83)77-56(62(73)82)16-8-10-33-75-65(85)43-24-29-51(54(35-43)68(88)89)61-52-30-27-45(80)36-59(52)94-60-37-46(81)28-31-53(60)61/h4-7,12-15,18-31,35-37,39,55-58,80,96H,3,8-11,16-17,32-34,38H2,1-2H3,(H2,73,82)(H,74,84)(H,75,85)(H,76,86)(H,77,83)(H,78,87)(H,79,90)(H,88,89)(H,91,92). The third-order valence-corrected chi connectivity index (χ3v) is 16.9. The number of halogens is 2. The molecular formula is C70H70F2N7O16P. The third kappa shape index (κ3) is 17.4. The van der Waals surface area contributed by atoms with Gasteiger partial charge in [0.25, 0.3) is 11.8 Å². The summed E-state index contributed by atoms with van der Waals surface area (Å²) < 4.78 is 56.2. The SMILES string of the molecule is CCc1ccc(C(=O)NCCCCC(NC(=O)C(Cc2ccc(C(F)(F)O[PH](=O)O)cc2)NC(=O)OCC2c3ccccc3-c3ccccc32)C(=O)NC(C)C(=O)NC(CCCCNC(=O)c2ccc(-c3c4ccc(=O)cc-4oc4cc(O)ccc34)c(C(=O)O)c2)C(N)=O)cc1. The summed E-state index contributed by atoms with van der Waals surface area (Å²) in [5.74, 6) is -6.29. The lowest BCUT2D eigenvalue weighted by molar-refractivity contribution is -0.186. The van der Waals surface area contributed by atoms with Crippen LogP contribution in [-0.2, 0) is 52.0 Å². The van der Waals surface area contributed by atoms with E-state index in [2.05, 4.69) is 36.4 Å². The van der Waals surface area contributed by atoms with E-state index < -0.39 is 85.7 Å². The minimum atomic E-state index is -4.16. The zero-order valence-electron chi connectivity index (χ0n) is 52.1. The minimum Gasteiger partial charge on any atom is -0.508 e. The normalized spacial score (nSPS) is 13.4. The number of carboxylic acids is 1. The van der Waals surface area contributed by atoms with Gasteiger partial charge < -0.3 is 61.9 Å². The van der Waals surface area contributed by atoms with Crippen molar-refractivity contribution in [3.05, 3.63) is 206 Å². The number of amides is 7. The number of alkyl carbamates (subject to hydrolysis) is 1. The number of ether oxygens (including phenoxy) is 1. The van der Waals surface area contributed by atoms with Crippen LogP contribution in [0.15, 0.2) is 161 Å². The average molecular weight is 1330 g/mol. The monoisotopic (exact) mass is 1330 g/mol. The number of alkyl halides is 2. The topological polar surface area (TPSA) is 361 Å². The number of carboxylic acid groups (broad SMARTS) is 1. The van der Waals surface area contributed by atoms with Crippen molar-refractivity contribution in [2.45, 2.75) is 101 Å². The van der Waals surface area contributed by atoms with Gasteiger partial charge in [0, 0.05) is 65.2 Å². The zero-order valence-corrected chi connectivity index (χ0v) is 53.1. The maximum Gasteiger partial charge on any atom is 0.407 e. The highest BCUT2D eigenvalue weighted by Gasteiger charge is 2.36. The summed E-state index contributed by atoms with van der Waals surface area (Å²) in [6.45, 7) is 3.34. The number of hydrogen-bond donors (Lipinski definition) is 10. The van der Waals surface area contributed by atoms with Crippen LogP contribution in [0.3, 0.4) is 0 Å². The fourth-order valence-corrected chi connectivity index (χ4v) is 11.7. The molecule has 2 aliphatic carbocycles. The number of hydrogen-bond acceptors (Lipinski definition) is 14. The molecule has 0 saturated carbocycles. The first kappa shape index (κ1) is 69.7. The Morgan fingerprint density at radius 2 is 1.23 bits per heavy atom. The second kappa shape index (κ2) is 31.5. The van der Waals surface area contributed by atoms with Crippen molar-refractivity contribution in [2.24, 2.45) is 5.73 Å². The molecule has 1 aliphatic heterocycles. The molecule has 1 heterocycles. The van der Waals surface area contributed by atoms with Gasteiger partial charge in [-0.2, -0.15) is 8.78 Å². The van der Waals surface area contributed by atoms with Crippen LogP contribution in [0.25, 0.3) is 44.5 Å². The van der Waals surface area contributed by atoms with Crippen LogP contribution in [0.1, 0.15) is 117 Å². The van der Waals surface area contributed by atoms with Crippen molar-refractivity contribution in [1.29, 1.82) is 0 Å². The van der Waals surface area contributed by atoms with Crippen LogP contribution < -0.4 is 43.1 Å². The lowest BCUT2D eigenvalue weighted by Crippen LogP contribution is -2.57. The fraction of sp³-hybridized carbons (Fsp3) is 0.271. The van der Waals surface area contributed by atoms with Gasteiger partial charge in [-0.25, -0.2) is 14.1 Å². The molecule has 26 heteroatoms. The number of primary amides is 1. The predicted octanol–water partition coefficient (Wildman–Crippen LogP) is 8.59. The molecule has 7 amide bonds. The molecule has 0 aromatic heterocycles. The molecule has 0 saturated heterocycles. The number of rotatable bonds is 30. The van der Waals surface area contributed by atoms with Crippen molar-refractivity contribution in [1.82, 2.24) is 31.9 Å². The Labute approximate surface area is 549 Å². The van der Waals surface area contributed by atoms with E-state index in [4.69, 9.17) is 19.8 Å². The van der Waals surface area contributed by atoms with E-state index in [9.17, 15) is 66.7 Å². The van der Waals surface area contributed by atoms with E-state index >= 15 is 0 Å². The molecule has 9 rings (SSSR count). The Balaban J connectivity index is 0.848. The van der Waals surface area contributed by atoms with Gasteiger partial charge in [-0.15, -0.1) is 0 Å². The number of benzene rings is 7. The Hall–Kier alpha value is -10.6. The number of phenolic OH excluding ortho intramolecular Hbond substituents is 1. The van der Waals surface area contributed by atoms with Crippen molar-refractivity contribution >= 4 is 66.7 Å². The number of unbranched alkanes of at least 4 members (excludes halogenated alkanes) is 2. The largest absolute Gasteiger partial charge is 0.508 e. The Morgan fingerprint density at radius 1 is 0.646 bits per heavy atom. The summed E-state index contributed by atoms with van der Waals surface area (Å²) in [4.78, 5) is 130. The number of carbonyl (C=O) groups is 8. The number of aromatic hydroxyl groups is 1. The van der Waals surface area contributed by atoms with Crippen LogP contribution >= 0.6 is 8.25 Å². The van der Waals surface area contributed by atoms with Crippen LogP contribution in [0.5, 0.6) is 5.75 Å². The molecular weight excluding hydrogens is 1260 g/mol. The number of phenols is 1. The van der Waals surface area contributed by atoms with Gasteiger partial charge in [0.1, 0.15) is 47.9 Å². The summed E-state index contributed by atoms with van der Waals surface area (Å²) in [6, 6.07) is 33.3. The van der Waals surface area contributed by atoms with Crippen LogP contribution in [0.4, 0.5) is 13.6 Å². The number of aromatic carboxylic acids is 1. The predicted molar refractivity (Wildman–Crippen MR) is 350 cm³/mol. The smallest absolute Gasteiger partial charge is 0.407 e. The van der Waals surface area contributed by atoms with Crippen molar-refractivity contribution in [3.63, 3.8) is 0 Å². The van der Waals surface area contributed by atoms with E-state index in [1.807, 2.05) is 67.6 Å². The van der Waals surface area contributed by atoms with Gasteiger partial charge >= 0.3 is 26.4 Å². The Kier molecular flexibility index (Phi) is 22.9. The summed E-state index contributed by atoms with van der Waals surface area (Å²) in [6.07, 6.45) is -3.94. The lowest BCUT2D eigenvalue weighted by Gasteiger charge is -2.25. The molecule has 0 fully saturated rings. The van der Waals surface area contributed by atoms with Gasteiger partial charge in [-0.05, 0) is 139 Å². The van der Waals surface area contributed by atoms with E-state index in [1.165, 1.54) is 67.6 Å². The van der Waals surface area contributed by atoms with Crippen LogP contribution in [0, 0.1) is 0 Å². The minimum absolute atomic E-state index is 0.000142. The highest BCUT2D eigenvalue weighted by molar-refractivity contribution is 7.32. The number of fused-ring (bicyclic) bond motifs is 5. The number of aryl methyl sites for hydroxylation is 1. The second-order valence-corrected chi connectivity index (χ2v) is 23.7. The molecule has 0 bridgehead atoms. The van der Waals surface area contributed by atoms with Crippen molar-refractivity contribution in [3.8, 4) is 39.3 Å². The fourth-order valence-electron chi connectivity index (χ4n) is 11.4. The Bertz CT molecular complexity index is 4240. The van der Waals surface area contributed by atoms with Gasteiger partial charge in [0.05, 0.1) is 11.1 Å². The molecule has 5 unspecified atom stereocenters. The maximum atomic E-state index is 14.7. The molecule has 3 aliphatic rings. The van der Waals surface area contributed by atoms with Crippen molar-refractivity contribution in [2.75, 3.05) is 19.7 Å². The van der Waals surface area contributed by atoms with Gasteiger partial charge in [0.15, 0.2) is 5.43 Å². The average Bonchev–Trinajstić information content (AvgIpc) is 1.25. The number of carbonyl (C=O) groups excluding carboxylic acids is 7. The number of nitrogens with two attached hydrogens (primary N) is 1. The second-order valence-electron chi connectivity index (χ2n) is 23.0. The molecule has 0 spiro atoms. The summed E-state index contributed by atoms with van der Waals surface area (Å²) in [5.41, 5.74) is 10.9.